The predicted octanol–water partition coefficient (Wildman–Crippen LogP) is 3.02. The van der Waals surface area contributed by atoms with Gasteiger partial charge in [0.2, 0.25) is 0 Å². The van der Waals surface area contributed by atoms with E-state index >= 15 is 0 Å². The van der Waals surface area contributed by atoms with Gasteiger partial charge in [-0.25, -0.2) is 0 Å². The van der Waals surface area contributed by atoms with Crippen LogP contribution in [0.2, 0.25) is 0 Å². The van der Waals surface area contributed by atoms with Crippen molar-refractivity contribution in [2.75, 3.05) is 13.1 Å². The van der Waals surface area contributed by atoms with Gasteiger partial charge in [0.25, 0.3) is 0 Å². The van der Waals surface area contributed by atoms with Gasteiger partial charge in [-0.2, -0.15) is 0 Å². The van der Waals surface area contributed by atoms with Crippen molar-refractivity contribution in [2.45, 2.75) is 32.7 Å². The lowest BCUT2D eigenvalue weighted by Crippen LogP contribution is -2.36. The SMILES string of the molecule is CC(C)c1cccc(CN2CCC2)c1. The highest BCUT2D eigenvalue weighted by Gasteiger charge is 2.13. The van der Waals surface area contributed by atoms with Crippen molar-refractivity contribution in [1.29, 1.82) is 0 Å². The summed E-state index contributed by atoms with van der Waals surface area (Å²) >= 11 is 0. The Kier molecular flexibility index (Phi) is 2.87. The highest BCUT2D eigenvalue weighted by atomic mass is 15.2. The second-order valence-electron chi connectivity index (χ2n) is 4.53. The van der Waals surface area contributed by atoms with E-state index in [9.17, 15) is 0 Å². The van der Waals surface area contributed by atoms with Crippen LogP contribution in [0.4, 0.5) is 0 Å². The number of rotatable bonds is 3. The fourth-order valence-electron chi connectivity index (χ4n) is 1.85. The number of benzene rings is 1. The monoisotopic (exact) mass is 189 g/mol. The molecule has 1 aromatic rings. The van der Waals surface area contributed by atoms with Crippen LogP contribution in [0.5, 0.6) is 0 Å². The van der Waals surface area contributed by atoms with Crippen molar-refractivity contribution in [3.05, 3.63) is 35.4 Å². The zero-order valence-corrected chi connectivity index (χ0v) is 9.16. The van der Waals surface area contributed by atoms with E-state index in [2.05, 4.69) is 43.0 Å². The van der Waals surface area contributed by atoms with Crippen LogP contribution in [-0.4, -0.2) is 18.0 Å². The Balaban J connectivity index is 2.05. The molecule has 1 fully saturated rings. The second-order valence-corrected chi connectivity index (χ2v) is 4.53. The average Bonchev–Trinajstić information content (AvgIpc) is 2.12. The summed E-state index contributed by atoms with van der Waals surface area (Å²) < 4.78 is 0. The highest BCUT2D eigenvalue weighted by Crippen LogP contribution is 2.18. The van der Waals surface area contributed by atoms with Crippen molar-refractivity contribution < 1.29 is 0 Å². The van der Waals surface area contributed by atoms with Gasteiger partial charge in [0.15, 0.2) is 0 Å². The summed E-state index contributed by atoms with van der Waals surface area (Å²) in [5, 5.41) is 0. The Morgan fingerprint density at radius 1 is 1.29 bits per heavy atom. The number of nitrogens with zero attached hydrogens (tertiary/aromatic N) is 1. The Labute approximate surface area is 86.7 Å². The summed E-state index contributed by atoms with van der Waals surface area (Å²) in [6.07, 6.45) is 1.38. The molecule has 0 saturated carbocycles. The molecule has 0 amide bonds. The van der Waals surface area contributed by atoms with Crippen LogP contribution >= 0.6 is 0 Å². The quantitative estimate of drug-likeness (QED) is 0.706. The van der Waals surface area contributed by atoms with Gasteiger partial charge in [0.05, 0.1) is 0 Å². The van der Waals surface area contributed by atoms with Gasteiger partial charge in [-0.3, -0.25) is 4.90 Å². The molecule has 0 N–H and O–H groups in total. The largest absolute Gasteiger partial charge is 0.299 e. The Hall–Kier alpha value is -0.820. The van der Waals surface area contributed by atoms with E-state index in [1.165, 1.54) is 30.6 Å². The van der Waals surface area contributed by atoms with Crippen LogP contribution in [0.25, 0.3) is 0 Å². The molecule has 0 aliphatic carbocycles. The van der Waals surface area contributed by atoms with Crippen molar-refractivity contribution in [2.24, 2.45) is 0 Å². The van der Waals surface area contributed by atoms with E-state index in [-0.39, 0.29) is 0 Å². The minimum Gasteiger partial charge on any atom is -0.299 e. The molecule has 1 nitrogen and oxygen atoms in total. The van der Waals surface area contributed by atoms with Crippen molar-refractivity contribution in [3.8, 4) is 0 Å². The zero-order valence-electron chi connectivity index (χ0n) is 9.16. The Morgan fingerprint density at radius 3 is 2.64 bits per heavy atom. The highest BCUT2D eigenvalue weighted by molar-refractivity contribution is 5.25. The number of likely N-dealkylation sites (tertiary alicyclic amines) is 1. The lowest BCUT2D eigenvalue weighted by atomic mass is 10.0. The minimum absolute atomic E-state index is 0.645. The second kappa shape index (κ2) is 4.14. The van der Waals surface area contributed by atoms with Crippen molar-refractivity contribution >= 4 is 0 Å². The van der Waals surface area contributed by atoms with E-state index < -0.39 is 0 Å². The number of hydrogen-bond donors (Lipinski definition) is 0. The maximum atomic E-state index is 2.50. The van der Waals surface area contributed by atoms with Crippen LogP contribution in [-0.2, 0) is 6.54 Å². The fraction of sp³-hybridized carbons (Fsp3) is 0.538. The van der Waals surface area contributed by atoms with Gasteiger partial charge in [-0.1, -0.05) is 38.1 Å². The van der Waals surface area contributed by atoms with Crippen LogP contribution in [0.15, 0.2) is 24.3 Å². The molecule has 0 radical (unpaired) electrons. The van der Waals surface area contributed by atoms with Crippen LogP contribution < -0.4 is 0 Å². The third-order valence-electron chi connectivity index (χ3n) is 2.97. The molecule has 0 aromatic heterocycles. The summed E-state index contributed by atoms with van der Waals surface area (Å²) in [6.45, 7) is 8.21. The number of hydrogen-bond acceptors (Lipinski definition) is 1. The van der Waals surface area contributed by atoms with Gasteiger partial charge >= 0.3 is 0 Å². The molecule has 0 unspecified atom stereocenters. The molecule has 0 bridgehead atoms. The third kappa shape index (κ3) is 2.16. The van der Waals surface area contributed by atoms with Gasteiger partial charge < -0.3 is 0 Å². The maximum absolute atomic E-state index is 2.50. The summed E-state index contributed by atoms with van der Waals surface area (Å²) in [4.78, 5) is 2.50. The lowest BCUT2D eigenvalue weighted by Gasteiger charge is -2.30. The summed E-state index contributed by atoms with van der Waals surface area (Å²) in [5.41, 5.74) is 2.93. The predicted molar refractivity (Wildman–Crippen MR) is 60.4 cm³/mol. The molecule has 0 atom stereocenters. The molecule has 1 aliphatic heterocycles. The van der Waals surface area contributed by atoms with E-state index in [0.29, 0.717) is 5.92 Å². The first kappa shape index (κ1) is 9.72. The standard InChI is InChI=1S/C13H19N/c1-11(2)13-6-3-5-12(9-13)10-14-7-4-8-14/h3,5-6,9,11H,4,7-8,10H2,1-2H3. The molecule has 1 aliphatic rings. The smallest absolute Gasteiger partial charge is 0.0233 e. The topological polar surface area (TPSA) is 3.24 Å². The Bertz CT molecular complexity index is 300. The van der Waals surface area contributed by atoms with Crippen LogP contribution in [0.3, 0.4) is 0 Å². The lowest BCUT2D eigenvalue weighted by molar-refractivity contribution is 0.172. The van der Waals surface area contributed by atoms with Crippen LogP contribution in [0, 0.1) is 0 Å². The molecule has 2 rings (SSSR count). The minimum atomic E-state index is 0.645. The summed E-state index contributed by atoms with van der Waals surface area (Å²) in [7, 11) is 0. The molecule has 1 heterocycles. The molecule has 1 saturated heterocycles. The van der Waals surface area contributed by atoms with Crippen molar-refractivity contribution in [1.82, 2.24) is 4.90 Å². The average molecular weight is 189 g/mol. The molecule has 1 heteroatoms. The molecular formula is C13H19N. The Morgan fingerprint density at radius 2 is 2.07 bits per heavy atom. The van der Waals surface area contributed by atoms with E-state index in [1.807, 2.05) is 0 Å². The molecule has 76 valence electrons. The molecule has 0 spiro atoms. The third-order valence-corrected chi connectivity index (χ3v) is 2.97. The molecule has 1 aromatic carbocycles. The molecular weight excluding hydrogens is 170 g/mol. The van der Waals surface area contributed by atoms with E-state index in [1.54, 1.807) is 0 Å². The first-order chi connectivity index (χ1) is 6.75. The van der Waals surface area contributed by atoms with Gasteiger partial charge in [0.1, 0.15) is 0 Å². The van der Waals surface area contributed by atoms with Crippen LogP contribution in [0.1, 0.15) is 37.3 Å². The normalized spacial score (nSPS) is 17.1. The van der Waals surface area contributed by atoms with E-state index in [0.717, 1.165) is 6.54 Å². The van der Waals surface area contributed by atoms with E-state index in [4.69, 9.17) is 0 Å². The van der Waals surface area contributed by atoms with Gasteiger partial charge in [0, 0.05) is 6.54 Å². The summed E-state index contributed by atoms with van der Waals surface area (Å²) in [5.74, 6) is 0.645. The first-order valence-corrected chi connectivity index (χ1v) is 5.57. The summed E-state index contributed by atoms with van der Waals surface area (Å²) in [6, 6.07) is 9.00. The van der Waals surface area contributed by atoms with Gasteiger partial charge in [-0.15, -0.1) is 0 Å². The molecule has 14 heavy (non-hydrogen) atoms. The fourth-order valence-corrected chi connectivity index (χ4v) is 1.85. The van der Waals surface area contributed by atoms with Gasteiger partial charge in [-0.05, 0) is 36.6 Å². The first-order valence-electron chi connectivity index (χ1n) is 5.57. The van der Waals surface area contributed by atoms with Crippen molar-refractivity contribution in [3.63, 3.8) is 0 Å². The maximum Gasteiger partial charge on any atom is 0.0233 e. The zero-order chi connectivity index (χ0) is 9.97.